The Bertz CT molecular complexity index is 1490. The van der Waals surface area contributed by atoms with Gasteiger partial charge in [-0.25, -0.2) is 9.50 Å². The molecule has 1 saturated heterocycles. The number of likely N-dealkylation sites (N-methyl/N-ethyl adjacent to an activating group) is 1. The van der Waals surface area contributed by atoms with Gasteiger partial charge in [-0.2, -0.15) is 5.10 Å². The first-order chi connectivity index (χ1) is 16.7. The van der Waals surface area contributed by atoms with Crippen LogP contribution in [0.4, 0.5) is 17.2 Å². The van der Waals surface area contributed by atoms with Crippen LogP contribution in [0, 0.1) is 0 Å². The van der Waals surface area contributed by atoms with Crippen molar-refractivity contribution in [2.24, 2.45) is 0 Å². The first kappa shape index (κ1) is 20.5. The van der Waals surface area contributed by atoms with Crippen molar-refractivity contribution < 1.29 is 0 Å². The van der Waals surface area contributed by atoms with Gasteiger partial charge in [-0.15, -0.1) is 0 Å². The summed E-state index contributed by atoms with van der Waals surface area (Å²) in [5.41, 5.74) is 7.43. The number of nitrogens with one attached hydrogen (secondary N) is 2. The normalized spacial score (nSPS) is 14.7. The molecule has 5 heterocycles. The minimum absolute atomic E-state index is 0.816. The number of piperazine rings is 1. The average molecular weight is 450 g/mol. The van der Waals surface area contributed by atoms with Gasteiger partial charge in [0.05, 0.1) is 11.7 Å². The van der Waals surface area contributed by atoms with Crippen molar-refractivity contribution >= 4 is 39.8 Å². The highest BCUT2D eigenvalue weighted by Crippen LogP contribution is 2.31. The number of fused-ring (bicyclic) bond motifs is 2. The number of aromatic amines is 1. The van der Waals surface area contributed by atoms with Crippen LogP contribution >= 0.6 is 0 Å². The maximum atomic E-state index is 4.83. The highest BCUT2D eigenvalue weighted by molar-refractivity contribution is 5.95. The van der Waals surface area contributed by atoms with Gasteiger partial charge < -0.3 is 20.1 Å². The molecular formula is C27H27N7. The summed E-state index contributed by atoms with van der Waals surface area (Å²) in [7, 11) is 2.18. The summed E-state index contributed by atoms with van der Waals surface area (Å²) >= 11 is 0. The lowest BCUT2D eigenvalue weighted by molar-refractivity contribution is 0.313. The van der Waals surface area contributed by atoms with Gasteiger partial charge in [-0.05, 0) is 55.1 Å². The van der Waals surface area contributed by atoms with Gasteiger partial charge in [-0.3, -0.25) is 0 Å². The van der Waals surface area contributed by atoms with Crippen LogP contribution in [0.25, 0.3) is 33.8 Å². The van der Waals surface area contributed by atoms with Crippen LogP contribution in [0.5, 0.6) is 0 Å². The Morgan fingerprint density at radius 1 is 1.06 bits per heavy atom. The zero-order chi connectivity index (χ0) is 23.1. The minimum Gasteiger partial charge on any atom is -0.369 e. The topological polar surface area (TPSA) is 64.5 Å². The van der Waals surface area contributed by atoms with Gasteiger partial charge in [0, 0.05) is 66.5 Å². The number of nitrogens with zero attached hydrogens (tertiary/aromatic N) is 5. The quantitative estimate of drug-likeness (QED) is 0.395. The monoisotopic (exact) mass is 449 g/mol. The van der Waals surface area contributed by atoms with Crippen molar-refractivity contribution in [1.29, 1.82) is 0 Å². The SMILES string of the molecule is C=Cc1cnn2ccc(-c3c[nH]c4nc(Nc5cccc(N6CCN(C)CC6)c5)ccc34)cc12. The molecule has 6 rings (SSSR count). The Morgan fingerprint density at radius 3 is 2.79 bits per heavy atom. The van der Waals surface area contributed by atoms with Crippen molar-refractivity contribution in [3.8, 4) is 11.1 Å². The Labute approximate surface area is 198 Å². The van der Waals surface area contributed by atoms with Crippen molar-refractivity contribution in [1.82, 2.24) is 24.5 Å². The largest absolute Gasteiger partial charge is 0.369 e. The van der Waals surface area contributed by atoms with E-state index in [0.717, 1.165) is 70.9 Å². The van der Waals surface area contributed by atoms with Crippen LogP contribution < -0.4 is 10.2 Å². The Kier molecular flexibility index (Phi) is 5.04. The van der Waals surface area contributed by atoms with E-state index >= 15 is 0 Å². The summed E-state index contributed by atoms with van der Waals surface area (Å²) in [4.78, 5) is 13.0. The fourth-order valence-electron chi connectivity index (χ4n) is 4.63. The predicted octanol–water partition coefficient (Wildman–Crippen LogP) is 5.02. The summed E-state index contributed by atoms with van der Waals surface area (Å²) in [5.74, 6) is 0.816. The van der Waals surface area contributed by atoms with Crippen LogP contribution in [0.3, 0.4) is 0 Å². The summed E-state index contributed by atoms with van der Waals surface area (Å²) in [6.07, 6.45) is 7.66. The van der Waals surface area contributed by atoms with Crippen LogP contribution in [-0.2, 0) is 0 Å². The molecule has 1 fully saturated rings. The van der Waals surface area contributed by atoms with Crippen LogP contribution in [-0.4, -0.2) is 57.7 Å². The van der Waals surface area contributed by atoms with E-state index in [0.29, 0.717) is 0 Å². The highest BCUT2D eigenvalue weighted by atomic mass is 15.2. The molecule has 1 aliphatic heterocycles. The molecule has 5 aromatic rings. The second-order valence-electron chi connectivity index (χ2n) is 8.81. The Morgan fingerprint density at radius 2 is 1.94 bits per heavy atom. The Balaban J connectivity index is 1.27. The molecule has 7 nitrogen and oxygen atoms in total. The first-order valence-corrected chi connectivity index (χ1v) is 11.6. The zero-order valence-electron chi connectivity index (χ0n) is 19.2. The van der Waals surface area contributed by atoms with E-state index in [-0.39, 0.29) is 0 Å². The molecule has 1 aromatic carbocycles. The van der Waals surface area contributed by atoms with Gasteiger partial charge in [0.2, 0.25) is 0 Å². The maximum absolute atomic E-state index is 4.83. The molecule has 0 atom stereocenters. The number of anilines is 3. The van der Waals surface area contributed by atoms with E-state index in [2.05, 4.69) is 81.3 Å². The molecule has 4 aromatic heterocycles. The van der Waals surface area contributed by atoms with Crippen LogP contribution in [0.15, 0.2) is 73.7 Å². The Hall–Kier alpha value is -4.10. The number of rotatable bonds is 5. The molecule has 2 N–H and O–H groups in total. The van der Waals surface area contributed by atoms with Gasteiger partial charge in [0.1, 0.15) is 11.5 Å². The number of aromatic nitrogens is 4. The van der Waals surface area contributed by atoms with Crippen LogP contribution in [0.1, 0.15) is 5.56 Å². The second-order valence-corrected chi connectivity index (χ2v) is 8.81. The highest BCUT2D eigenvalue weighted by Gasteiger charge is 2.15. The third kappa shape index (κ3) is 3.70. The fourth-order valence-corrected chi connectivity index (χ4v) is 4.63. The molecule has 170 valence electrons. The number of benzene rings is 1. The van der Waals surface area contributed by atoms with Gasteiger partial charge in [-0.1, -0.05) is 18.7 Å². The van der Waals surface area contributed by atoms with Crippen LogP contribution in [0.2, 0.25) is 0 Å². The maximum Gasteiger partial charge on any atom is 0.140 e. The van der Waals surface area contributed by atoms with Gasteiger partial charge in [0.15, 0.2) is 0 Å². The van der Waals surface area contributed by atoms with E-state index in [1.807, 2.05) is 35.2 Å². The zero-order valence-corrected chi connectivity index (χ0v) is 19.2. The fraction of sp³-hybridized carbons (Fsp3) is 0.185. The molecule has 0 aliphatic carbocycles. The molecule has 7 heteroatoms. The summed E-state index contributed by atoms with van der Waals surface area (Å²) < 4.78 is 1.87. The lowest BCUT2D eigenvalue weighted by Gasteiger charge is -2.34. The second kappa shape index (κ2) is 8.35. The van der Waals surface area contributed by atoms with E-state index in [9.17, 15) is 0 Å². The van der Waals surface area contributed by atoms with Gasteiger partial charge in [0.25, 0.3) is 0 Å². The molecule has 34 heavy (non-hydrogen) atoms. The van der Waals surface area contributed by atoms with Crippen molar-refractivity contribution in [3.05, 3.63) is 79.3 Å². The molecular weight excluding hydrogens is 422 g/mol. The molecule has 0 saturated carbocycles. The van der Waals surface area contributed by atoms with E-state index in [4.69, 9.17) is 4.98 Å². The standard InChI is InChI=1S/C27H27N7/c1-3-19-17-29-34-10-9-20(15-25(19)34)24-18-28-27-23(24)7-8-26(31-27)30-21-5-4-6-22(16-21)33-13-11-32(2)12-14-33/h3-10,15-18H,1,11-14H2,2H3,(H2,28,30,31). The molecule has 0 spiro atoms. The molecule has 0 radical (unpaired) electrons. The summed E-state index contributed by atoms with van der Waals surface area (Å²) in [5, 5.41) is 8.94. The van der Waals surface area contributed by atoms with Crippen molar-refractivity contribution in [3.63, 3.8) is 0 Å². The third-order valence-corrected chi connectivity index (χ3v) is 6.61. The molecule has 0 unspecified atom stereocenters. The van der Waals surface area contributed by atoms with Crippen molar-refractivity contribution in [2.45, 2.75) is 0 Å². The van der Waals surface area contributed by atoms with E-state index < -0.39 is 0 Å². The molecule has 0 bridgehead atoms. The smallest absolute Gasteiger partial charge is 0.140 e. The molecule has 0 amide bonds. The van der Waals surface area contributed by atoms with E-state index in [1.165, 1.54) is 5.69 Å². The molecule has 1 aliphatic rings. The van der Waals surface area contributed by atoms with E-state index in [1.54, 1.807) is 0 Å². The lowest BCUT2D eigenvalue weighted by Crippen LogP contribution is -2.44. The average Bonchev–Trinajstić information content (AvgIpc) is 3.48. The third-order valence-electron chi connectivity index (χ3n) is 6.61. The summed E-state index contributed by atoms with van der Waals surface area (Å²) in [6, 6.07) is 16.9. The predicted molar refractivity (Wildman–Crippen MR) is 140 cm³/mol. The minimum atomic E-state index is 0.816. The number of hydrogen-bond donors (Lipinski definition) is 2. The first-order valence-electron chi connectivity index (χ1n) is 11.6. The lowest BCUT2D eigenvalue weighted by atomic mass is 10.1. The van der Waals surface area contributed by atoms with Crippen molar-refractivity contribution in [2.75, 3.05) is 43.4 Å². The number of H-pyrrole nitrogens is 1. The van der Waals surface area contributed by atoms with Gasteiger partial charge >= 0.3 is 0 Å². The summed E-state index contributed by atoms with van der Waals surface area (Å²) in [6.45, 7) is 8.18. The number of pyridine rings is 2. The number of hydrogen-bond acceptors (Lipinski definition) is 5.